The molecule has 14 rings (SSSR count). The topological polar surface area (TPSA) is 8.17 Å². The van der Waals surface area contributed by atoms with Crippen molar-refractivity contribution in [1.82, 2.24) is 4.57 Å². The highest BCUT2D eigenvalue weighted by molar-refractivity contribution is 6.13. The van der Waals surface area contributed by atoms with Gasteiger partial charge in [0.25, 0.3) is 0 Å². The van der Waals surface area contributed by atoms with E-state index in [-0.39, 0.29) is 5.41 Å². The zero-order valence-electron chi connectivity index (χ0n) is 36.8. The maximum Gasteiger partial charge on any atom is 0.0760 e. The summed E-state index contributed by atoms with van der Waals surface area (Å²) in [5, 5.41) is 2.55. The summed E-state index contributed by atoms with van der Waals surface area (Å²) < 4.78 is 2.57. The Hall–Kier alpha value is -8.20. The van der Waals surface area contributed by atoms with Crippen LogP contribution < -0.4 is 4.90 Å². The van der Waals surface area contributed by atoms with Gasteiger partial charge in [-0.15, -0.1) is 0 Å². The molecule has 0 saturated carbocycles. The zero-order valence-corrected chi connectivity index (χ0v) is 36.8. The lowest BCUT2D eigenvalue weighted by Gasteiger charge is -2.41. The summed E-state index contributed by atoms with van der Waals surface area (Å²) in [6.45, 7) is 4.81. The smallest absolute Gasteiger partial charge is 0.0760 e. The molecule has 0 N–H and O–H groups in total. The molecule has 0 amide bonds. The molecule has 3 aliphatic rings. The van der Waals surface area contributed by atoms with Crippen LogP contribution in [0.3, 0.4) is 0 Å². The van der Waals surface area contributed by atoms with Crippen molar-refractivity contribution in [2.75, 3.05) is 4.90 Å². The van der Waals surface area contributed by atoms with Crippen LogP contribution in [0.4, 0.5) is 17.1 Å². The minimum Gasteiger partial charge on any atom is -0.309 e. The summed E-state index contributed by atoms with van der Waals surface area (Å²) in [5.41, 5.74) is 24.2. The summed E-state index contributed by atoms with van der Waals surface area (Å²) in [7, 11) is 0. The summed E-state index contributed by atoms with van der Waals surface area (Å²) >= 11 is 0. The van der Waals surface area contributed by atoms with Crippen molar-refractivity contribution in [2.24, 2.45) is 0 Å². The molecular formula is C64H44N2. The molecule has 0 bridgehead atoms. The Morgan fingerprint density at radius 3 is 1.53 bits per heavy atom. The van der Waals surface area contributed by atoms with Crippen molar-refractivity contribution >= 4 is 38.9 Å². The first kappa shape index (κ1) is 37.2. The van der Waals surface area contributed by atoms with Crippen LogP contribution in [0, 0.1) is 0 Å². The lowest BCUT2D eigenvalue weighted by Crippen LogP contribution is -2.34. The fourth-order valence-electron chi connectivity index (χ4n) is 12.7. The highest BCUT2D eigenvalue weighted by Crippen LogP contribution is 2.64. The van der Waals surface area contributed by atoms with Crippen LogP contribution in [-0.2, 0) is 10.8 Å². The van der Waals surface area contributed by atoms with Crippen molar-refractivity contribution in [3.05, 3.63) is 264 Å². The fraction of sp³-hybridized carbons (Fsp3) is 0.0625. The summed E-state index contributed by atoms with van der Waals surface area (Å²) in [6, 6.07) is 86.4. The Bertz CT molecular complexity index is 3760. The molecule has 2 nitrogen and oxygen atoms in total. The van der Waals surface area contributed by atoms with Gasteiger partial charge < -0.3 is 9.47 Å². The average molecular weight is 841 g/mol. The van der Waals surface area contributed by atoms with E-state index < -0.39 is 5.41 Å². The van der Waals surface area contributed by atoms with Crippen molar-refractivity contribution in [2.45, 2.75) is 24.7 Å². The maximum atomic E-state index is 2.59. The molecule has 1 aliphatic heterocycles. The lowest BCUT2D eigenvalue weighted by atomic mass is 9.63. The van der Waals surface area contributed by atoms with E-state index >= 15 is 0 Å². The van der Waals surface area contributed by atoms with E-state index in [0.29, 0.717) is 0 Å². The largest absolute Gasteiger partial charge is 0.309 e. The third-order valence-electron chi connectivity index (χ3n) is 15.2. The highest BCUT2D eigenvalue weighted by atomic mass is 15.2. The Kier molecular flexibility index (Phi) is 7.70. The van der Waals surface area contributed by atoms with Gasteiger partial charge in [-0.05, 0) is 91.5 Å². The monoisotopic (exact) mass is 840 g/mol. The molecule has 2 heteroatoms. The van der Waals surface area contributed by atoms with Gasteiger partial charge in [0.1, 0.15) is 0 Å². The lowest BCUT2D eigenvalue weighted by molar-refractivity contribution is 0.661. The molecule has 11 aromatic rings. The van der Waals surface area contributed by atoms with Gasteiger partial charge in [-0.1, -0.05) is 214 Å². The molecule has 310 valence electrons. The van der Waals surface area contributed by atoms with Gasteiger partial charge in [0, 0.05) is 32.9 Å². The third-order valence-corrected chi connectivity index (χ3v) is 15.2. The van der Waals surface area contributed by atoms with E-state index in [1.54, 1.807) is 0 Å². The van der Waals surface area contributed by atoms with Crippen LogP contribution >= 0.6 is 0 Å². The van der Waals surface area contributed by atoms with E-state index in [1.807, 2.05) is 0 Å². The Balaban J connectivity index is 1.13. The summed E-state index contributed by atoms with van der Waals surface area (Å²) in [4.78, 5) is 2.59. The van der Waals surface area contributed by atoms with Crippen molar-refractivity contribution < 1.29 is 0 Å². The number of anilines is 3. The number of para-hydroxylation sites is 4. The maximum absolute atomic E-state index is 2.59. The van der Waals surface area contributed by atoms with Crippen LogP contribution in [0.2, 0.25) is 0 Å². The van der Waals surface area contributed by atoms with Crippen molar-refractivity contribution in [3.63, 3.8) is 0 Å². The quantitative estimate of drug-likeness (QED) is 0.168. The van der Waals surface area contributed by atoms with Gasteiger partial charge in [-0.2, -0.15) is 0 Å². The molecule has 0 saturated heterocycles. The molecule has 2 heterocycles. The molecule has 1 spiro atoms. The first-order valence-electron chi connectivity index (χ1n) is 23.2. The van der Waals surface area contributed by atoms with E-state index in [9.17, 15) is 0 Å². The molecule has 0 unspecified atom stereocenters. The van der Waals surface area contributed by atoms with Crippen LogP contribution in [-0.4, -0.2) is 4.57 Å². The van der Waals surface area contributed by atoms with E-state index in [2.05, 4.69) is 254 Å². The van der Waals surface area contributed by atoms with Gasteiger partial charge in [0.15, 0.2) is 0 Å². The molecule has 10 aromatic carbocycles. The molecule has 66 heavy (non-hydrogen) atoms. The molecule has 1 aromatic heterocycles. The van der Waals surface area contributed by atoms with Crippen LogP contribution in [0.5, 0.6) is 0 Å². The van der Waals surface area contributed by atoms with E-state index in [0.717, 1.165) is 11.4 Å². The minimum absolute atomic E-state index is 0.255. The Morgan fingerprint density at radius 1 is 0.333 bits per heavy atom. The first-order valence-corrected chi connectivity index (χ1v) is 23.2. The van der Waals surface area contributed by atoms with Crippen molar-refractivity contribution in [3.8, 4) is 50.2 Å². The highest BCUT2D eigenvalue weighted by Gasteiger charge is 2.52. The number of fused-ring (bicyclic) bond motifs is 15. The standard InChI is InChI=1S/C64H44N2/c1-63(2)51-32-12-6-26-45(51)48-29-19-39-58(60(48)63)65(55-36-15-9-23-42(55)41-21-4-3-5-22-41)56-37-16-10-27-46(56)49-30-20-40-59-61(49)64(52-33-13-7-24-43(52)44-25-8-14-34-53(44)64)54-35-18-31-50-47-28-11-17-38-57(47)66(59)62(50)54/h3-40H,1-2H3. The minimum atomic E-state index is -0.611. The molecular weight excluding hydrogens is 797 g/mol. The van der Waals surface area contributed by atoms with E-state index in [4.69, 9.17) is 0 Å². The number of hydrogen-bond donors (Lipinski definition) is 0. The van der Waals surface area contributed by atoms with Gasteiger partial charge in [0.05, 0.1) is 39.2 Å². The number of hydrogen-bond acceptors (Lipinski definition) is 1. The second-order valence-electron chi connectivity index (χ2n) is 18.7. The number of benzene rings is 10. The predicted octanol–water partition coefficient (Wildman–Crippen LogP) is 16.6. The van der Waals surface area contributed by atoms with Gasteiger partial charge in [-0.3, -0.25) is 0 Å². The first-order chi connectivity index (χ1) is 32.6. The molecule has 0 atom stereocenters. The average Bonchev–Trinajstić information content (AvgIpc) is 3.96. The van der Waals surface area contributed by atoms with Crippen LogP contribution in [0.1, 0.15) is 47.2 Å². The fourth-order valence-corrected chi connectivity index (χ4v) is 12.7. The van der Waals surface area contributed by atoms with Gasteiger partial charge >= 0.3 is 0 Å². The van der Waals surface area contributed by atoms with Crippen molar-refractivity contribution in [1.29, 1.82) is 0 Å². The number of aromatic nitrogens is 1. The van der Waals surface area contributed by atoms with Gasteiger partial charge in [-0.25, -0.2) is 0 Å². The molecule has 2 aliphatic carbocycles. The normalized spacial score (nSPS) is 14.2. The Labute approximate surface area is 385 Å². The number of rotatable bonds is 5. The second-order valence-corrected chi connectivity index (χ2v) is 18.7. The van der Waals surface area contributed by atoms with Crippen LogP contribution in [0.15, 0.2) is 231 Å². The molecule has 0 radical (unpaired) electrons. The second kappa shape index (κ2) is 13.7. The summed E-state index contributed by atoms with van der Waals surface area (Å²) in [6.07, 6.45) is 0. The van der Waals surface area contributed by atoms with E-state index in [1.165, 1.54) is 111 Å². The SMILES string of the molecule is CC1(C)c2ccccc2-c2cccc(N(c3ccccc3-c3ccccc3)c3ccccc3-c3cccc4c3C3(c5ccccc5-c5ccccc53)c3cccc5c6ccccc6n-4c35)c21. The summed E-state index contributed by atoms with van der Waals surface area (Å²) in [5.74, 6) is 0. The van der Waals surface area contributed by atoms with Crippen LogP contribution in [0.25, 0.3) is 72.0 Å². The number of nitrogens with zero attached hydrogens (tertiary/aromatic N) is 2. The zero-order chi connectivity index (χ0) is 43.7. The molecule has 0 fully saturated rings. The predicted molar refractivity (Wildman–Crippen MR) is 275 cm³/mol. The Morgan fingerprint density at radius 2 is 0.803 bits per heavy atom. The third kappa shape index (κ3) is 4.75. The van der Waals surface area contributed by atoms with Gasteiger partial charge in [0.2, 0.25) is 0 Å².